The molecule has 0 unspecified atom stereocenters. The molecule has 11 heavy (non-hydrogen) atoms. The minimum atomic E-state index is -2.77. The first-order valence-corrected chi connectivity index (χ1v) is 6.24. The van der Waals surface area contributed by atoms with Crippen LogP contribution in [0.5, 0.6) is 0 Å². The average molecular weight is 231 g/mol. The number of halogens is 2. The Hall–Kier alpha value is 0.339. The predicted molar refractivity (Wildman–Crippen MR) is 42.3 cm³/mol. The van der Waals surface area contributed by atoms with E-state index in [1.165, 1.54) is 13.8 Å². The molecule has 68 valence electrons. The van der Waals surface area contributed by atoms with E-state index in [0.29, 0.717) is 20.5 Å². The van der Waals surface area contributed by atoms with Crippen molar-refractivity contribution >= 4 is 15.0 Å². The molecule has 1 nitrogen and oxygen atoms in total. The third kappa shape index (κ3) is 3.50. The first-order chi connectivity index (χ1) is 4.81. The van der Waals surface area contributed by atoms with E-state index in [4.69, 9.17) is 4.74 Å². The molecule has 0 amide bonds. The van der Waals surface area contributed by atoms with Gasteiger partial charge in [0.25, 0.3) is 0 Å². The standard InChI is InChI=1S/C7H14F2OSe/c1-6(2,7(3,8)9)10-5-11-4/h5H2,1-4H3. The molecule has 0 rings (SSSR count). The van der Waals surface area contributed by atoms with Crippen molar-refractivity contribution in [2.24, 2.45) is 0 Å². The van der Waals surface area contributed by atoms with Crippen molar-refractivity contribution in [3.63, 3.8) is 0 Å². The zero-order valence-corrected chi connectivity index (χ0v) is 8.99. The summed E-state index contributed by atoms with van der Waals surface area (Å²) in [5, 5.41) is 0. The summed E-state index contributed by atoms with van der Waals surface area (Å²) < 4.78 is 30.4. The molecule has 0 aliphatic heterocycles. The van der Waals surface area contributed by atoms with E-state index in [0.717, 1.165) is 6.92 Å². The van der Waals surface area contributed by atoms with Crippen LogP contribution < -0.4 is 0 Å². The summed E-state index contributed by atoms with van der Waals surface area (Å²) in [4.78, 5) is 0. The number of ether oxygens (including phenoxy) is 1. The van der Waals surface area contributed by atoms with Gasteiger partial charge in [0.1, 0.15) is 0 Å². The van der Waals surface area contributed by atoms with Gasteiger partial charge in [0.2, 0.25) is 0 Å². The quantitative estimate of drug-likeness (QED) is 0.673. The van der Waals surface area contributed by atoms with E-state index >= 15 is 0 Å². The van der Waals surface area contributed by atoms with E-state index in [2.05, 4.69) is 0 Å². The number of rotatable bonds is 4. The molecule has 0 N–H and O–H groups in total. The minimum absolute atomic E-state index is 0.294. The van der Waals surface area contributed by atoms with Crippen molar-refractivity contribution in [3.05, 3.63) is 0 Å². The molecule has 0 heterocycles. The SMILES string of the molecule is C[Se]COC(C)(C)C(C)(F)F. The first-order valence-electron chi connectivity index (χ1n) is 3.32. The molecule has 0 spiro atoms. The Morgan fingerprint density at radius 3 is 2.00 bits per heavy atom. The number of alkyl halides is 2. The summed E-state index contributed by atoms with van der Waals surface area (Å²) in [6.07, 6.45) is 0. The molecule has 0 saturated carbocycles. The van der Waals surface area contributed by atoms with E-state index in [9.17, 15) is 8.78 Å². The maximum atomic E-state index is 12.7. The van der Waals surface area contributed by atoms with Crippen LogP contribution >= 0.6 is 0 Å². The maximum absolute atomic E-state index is 12.7. The Morgan fingerprint density at radius 2 is 1.73 bits per heavy atom. The second-order valence-corrected chi connectivity index (χ2v) is 4.66. The molecule has 0 aliphatic carbocycles. The van der Waals surface area contributed by atoms with Crippen molar-refractivity contribution < 1.29 is 13.5 Å². The van der Waals surface area contributed by atoms with Gasteiger partial charge in [-0.05, 0) is 0 Å². The molecule has 0 saturated heterocycles. The van der Waals surface area contributed by atoms with Crippen molar-refractivity contribution in [1.82, 2.24) is 0 Å². The summed E-state index contributed by atoms with van der Waals surface area (Å²) in [7, 11) is 0. The zero-order chi connectivity index (χ0) is 9.12. The molecule has 0 atom stereocenters. The Labute approximate surface area is 72.7 Å². The van der Waals surface area contributed by atoms with Crippen molar-refractivity contribution in [1.29, 1.82) is 0 Å². The molecular formula is C7H14F2OSe. The van der Waals surface area contributed by atoms with Gasteiger partial charge in [-0.25, -0.2) is 0 Å². The molecule has 0 radical (unpaired) electrons. The van der Waals surface area contributed by atoms with E-state index < -0.39 is 11.5 Å². The molecule has 0 aromatic carbocycles. The van der Waals surface area contributed by atoms with Gasteiger partial charge in [0.15, 0.2) is 0 Å². The molecule has 0 aromatic heterocycles. The second-order valence-electron chi connectivity index (χ2n) is 2.95. The molecule has 0 aromatic rings. The van der Waals surface area contributed by atoms with Gasteiger partial charge in [-0.1, -0.05) is 0 Å². The summed E-state index contributed by atoms with van der Waals surface area (Å²) in [5.41, 5.74) is -0.881. The number of hydrogen-bond donors (Lipinski definition) is 0. The van der Waals surface area contributed by atoms with Gasteiger partial charge in [-0.2, -0.15) is 0 Å². The third-order valence-electron chi connectivity index (χ3n) is 1.59. The molecular weight excluding hydrogens is 217 g/mol. The molecule has 0 aliphatic rings. The Morgan fingerprint density at radius 1 is 1.27 bits per heavy atom. The van der Waals surface area contributed by atoms with Gasteiger partial charge in [0.05, 0.1) is 0 Å². The van der Waals surface area contributed by atoms with Crippen molar-refractivity contribution in [3.8, 4) is 0 Å². The summed E-state index contributed by atoms with van der Waals surface area (Å²) >= 11 is 0.294. The van der Waals surface area contributed by atoms with Crippen LogP contribution in [0.1, 0.15) is 20.8 Å². The van der Waals surface area contributed by atoms with Crippen LogP contribution in [0.4, 0.5) is 8.78 Å². The third-order valence-corrected chi connectivity index (χ3v) is 2.34. The zero-order valence-electron chi connectivity index (χ0n) is 7.28. The van der Waals surface area contributed by atoms with Gasteiger partial charge in [-0.3, -0.25) is 0 Å². The van der Waals surface area contributed by atoms with E-state index in [1.54, 1.807) is 0 Å². The van der Waals surface area contributed by atoms with Gasteiger partial charge >= 0.3 is 72.1 Å². The molecule has 0 fully saturated rings. The summed E-state index contributed by atoms with van der Waals surface area (Å²) in [5.74, 6) is -0.810. The fourth-order valence-electron chi connectivity index (χ4n) is 0.333. The summed E-state index contributed by atoms with van der Waals surface area (Å²) in [6.45, 7) is 3.72. The van der Waals surface area contributed by atoms with Gasteiger partial charge < -0.3 is 0 Å². The molecule has 4 heteroatoms. The average Bonchev–Trinajstić information content (AvgIpc) is 1.81. The van der Waals surface area contributed by atoms with Crippen LogP contribution in [0.15, 0.2) is 0 Å². The Balaban J connectivity index is 4.00. The second kappa shape index (κ2) is 3.83. The van der Waals surface area contributed by atoms with E-state index in [-0.39, 0.29) is 0 Å². The predicted octanol–water partition coefficient (Wildman–Crippen LogP) is 2.15. The van der Waals surface area contributed by atoms with E-state index in [1.807, 2.05) is 5.82 Å². The normalized spacial score (nSPS) is 13.6. The van der Waals surface area contributed by atoms with Gasteiger partial charge in [0, 0.05) is 0 Å². The van der Waals surface area contributed by atoms with Crippen LogP contribution in [0.2, 0.25) is 5.82 Å². The van der Waals surface area contributed by atoms with Crippen molar-refractivity contribution in [2.45, 2.75) is 38.1 Å². The van der Waals surface area contributed by atoms with Crippen LogP contribution in [0.3, 0.4) is 0 Å². The fraction of sp³-hybridized carbons (Fsp3) is 1.00. The molecule has 0 bridgehead atoms. The Kier molecular flexibility index (Phi) is 3.95. The van der Waals surface area contributed by atoms with Crippen LogP contribution in [0, 0.1) is 0 Å². The van der Waals surface area contributed by atoms with Crippen molar-refractivity contribution in [2.75, 3.05) is 5.51 Å². The van der Waals surface area contributed by atoms with Crippen LogP contribution in [-0.2, 0) is 4.74 Å². The van der Waals surface area contributed by atoms with Crippen LogP contribution in [-0.4, -0.2) is 32.0 Å². The fourth-order valence-corrected chi connectivity index (χ4v) is 1.20. The summed E-state index contributed by atoms with van der Waals surface area (Å²) in [6, 6.07) is 0. The topological polar surface area (TPSA) is 9.23 Å². The van der Waals surface area contributed by atoms with Gasteiger partial charge in [-0.15, -0.1) is 0 Å². The Bertz CT molecular complexity index is 120. The monoisotopic (exact) mass is 232 g/mol. The van der Waals surface area contributed by atoms with Crippen LogP contribution in [0.25, 0.3) is 0 Å². The first kappa shape index (κ1) is 11.3. The number of hydrogen-bond acceptors (Lipinski definition) is 1.